The molecule has 27 heavy (non-hydrogen) atoms. The monoisotopic (exact) mass is 495 g/mol. The summed E-state index contributed by atoms with van der Waals surface area (Å²) in [5.74, 6) is 1.84. The van der Waals surface area contributed by atoms with E-state index in [1.54, 1.807) is 7.11 Å². The van der Waals surface area contributed by atoms with E-state index < -0.39 is 0 Å². The Bertz CT molecular complexity index is 440. The van der Waals surface area contributed by atoms with Crippen LogP contribution in [0.15, 0.2) is 4.99 Å². The van der Waals surface area contributed by atoms with E-state index in [4.69, 9.17) is 9.47 Å². The summed E-state index contributed by atoms with van der Waals surface area (Å²) in [6.45, 7) is 11.4. The molecule has 1 atom stereocenters. The number of aliphatic imine (C=N–C) groups is 1. The standard InChI is InChI=1S/C19H37N5O2.HI/c1-20-19(21-15-17-3-6-22(7-4-17)9-12-25-2)24-8-5-18(16-24)23-10-13-26-14-11-23;/h17-18H,3-16H2,1-2H3,(H,20,21);1H. The molecule has 0 aromatic heterocycles. The molecule has 0 aromatic carbocycles. The van der Waals surface area contributed by atoms with Crippen LogP contribution >= 0.6 is 24.0 Å². The normalized spacial score (nSPS) is 26.2. The molecule has 3 aliphatic rings. The van der Waals surface area contributed by atoms with E-state index in [2.05, 4.69) is 25.0 Å². The number of hydrogen-bond acceptors (Lipinski definition) is 5. The highest BCUT2D eigenvalue weighted by Gasteiger charge is 2.30. The van der Waals surface area contributed by atoms with Gasteiger partial charge < -0.3 is 24.6 Å². The number of piperidine rings is 1. The molecule has 1 N–H and O–H groups in total. The van der Waals surface area contributed by atoms with E-state index in [1.807, 2.05) is 7.05 Å². The SMILES string of the molecule is CN=C(NCC1CCN(CCOC)CC1)N1CCC(N2CCOCC2)C1.I. The van der Waals surface area contributed by atoms with Gasteiger partial charge in [-0.1, -0.05) is 0 Å². The number of rotatable bonds is 6. The predicted octanol–water partition coefficient (Wildman–Crippen LogP) is 0.945. The Labute approximate surface area is 181 Å². The van der Waals surface area contributed by atoms with Crippen molar-refractivity contribution >= 4 is 29.9 Å². The Hall–Kier alpha value is -0.160. The van der Waals surface area contributed by atoms with Crippen molar-refractivity contribution in [3.63, 3.8) is 0 Å². The molecule has 3 heterocycles. The van der Waals surface area contributed by atoms with Gasteiger partial charge in [0.2, 0.25) is 0 Å². The molecule has 3 rings (SSSR count). The second kappa shape index (κ2) is 12.4. The molecule has 8 heteroatoms. The molecule has 0 bridgehead atoms. The third kappa shape index (κ3) is 6.99. The van der Waals surface area contributed by atoms with Gasteiger partial charge in [-0.3, -0.25) is 9.89 Å². The minimum Gasteiger partial charge on any atom is -0.383 e. The van der Waals surface area contributed by atoms with Crippen LogP contribution in [-0.4, -0.2) is 113 Å². The van der Waals surface area contributed by atoms with E-state index in [-0.39, 0.29) is 24.0 Å². The molecule has 0 radical (unpaired) electrons. The Morgan fingerprint density at radius 2 is 1.85 bits per heavy atom. The van der Waals surface area contributed by atoms with E-state index in [0.717, 1.165) is 71.0 Å². The lowest BCUT2D eigenvalue weighted by Gasteiger charge is -2.33. The number of hydrogen-bond donors (Lipinski definition) is 1. The topological polar surface area (TPSA) is 52.6 Å². The Morgan fingerprint density at radius 1 is 1.11 bits per heavy atom. The van der Waals surface area contributed by atoms with Gasteiger partial charge >= 0.3 is 0 Å². The second-order valence-electron chi connectivity index (χ2n) is 7.74. The van der Waals surface area contributed by atoms with Crippen molar-refractivity contribution in [2.45, 2.75) is 25.3 Å². The first-order valence-electron chi connectivity index (χ1n) is 10.3. The molecule has 3 aliphatic heterocycles. The lowest BCUT2D eigenvalue weighted by Crippen LogP contribution is -2.47. The highest BCUT2D eigenvalue weighted by molar-refractivity contribution is 14.0. The zero-order valence-electron chi connectivity index (χ0n) is 17.1. The Morgan fingerprint density at radius 3 is 2.52 bits per heavy atom. The van der Waals surface area contributed by atoms with E-state index >= 15 is 0 Å². The first kappa shape index (κ1) is 23.1. The van der Waals surface area contributed by atoms with Gasteiger partial charge in [0.1, 0.15) is 0 Å². The van der Waals surface area contributed by atoms with E-state index in [1.165, 1.54) is 32.4 Å². The molecule has 0 saturated carbocycles. The van der Waals surface area contributed by atoms with Gasteiger partial charge in [-0.15, -0.1) is 24.0 Å². The fraction of sp³-hybridized carbons (Fsp3) is 0.947. The number of nitrogens with zero attached hydrogens (tertiary/aromatic N) is 4. The van der Waals surface area contributed by atoms with E-state index in [0.29, 0.717) is 6.04 Å². The molecule has 1 unspecified atom stereocenters. The van der Waals surface area contributed by atoms with Crippen LogP contribution in [0.25, 0.3) is 0 Å². The summed E-state index contributed by atoms with van der Waals surface area (Å²) in [5, 5.41) is 3.65. The first-order valence-corrected chi connectivity index (χ1v) is 10.3. The van der Waals surface area contributed by atoms with Crippen LogP contribution in [0.4, 0.5) is 0 Å². The number of likely N-dealkylation sites (tertiary alicyclic amines) is 2. The molecule has 0 aromatic rings. The van der Waals surface area contributed by atoms with Crippen LogP contribution in [0.5, 0.6) is 0 Å². The third-order valence-electron chi connectivity index (χ3n) is 6.10. The van der Waals surface area contributed by atoms with Crippen LogP contribution in [0.2, 0.25) is 0 Å². The smallest absolute Gasteiger partial charge is 0.193 e. The number of ether oxygens (including phenoxy) is 2. The molecule has 3 fully saturated rings. The Balaban J connectivity index is 0.00000261. The van der Waals surface area contributed by atoms with Crippen LogP contribution in [0.1, 0.15) is 19.3 Å². The van der Waals surface area contributed by atoms with E-state index in [9.17, 15) is 0 Å². The van der Waals surface area contributed by atoms with Crippen LogP contribution in [0, 0.1) is 5.92 Å². The van der Waals surface area contributed by atoms with Gasteiger partial charge in [0.25, 0.3) is 0 Å². The summed E-state index contributed by atoms with van der Waals surface area (Å²) in [6, 6.07) is 0.654. The van der Waals surface area contributed by atoms with Crippen LogP contribution in [-0.2, 0) is 9.47 Å². The maximum Gasteiger partial charge on any atom is 0.193 e. The van der Waals surface area contributed by atoms with Crippen LogP contribution < -0.4 is 5.32 Å². The minimum atomic E-state index is 0. The van der Waals surface area contributed by atoms with Gasteiger partial charge in [0, 0.05) is 59.5 Å². The molecule has 0 aliphatic carbocycles. The zero-order chi connectivity index (χ0) is 18.2. The molecular formula is C19H38IN5O2. The third-order valence-corrected chi connectivity index (χ3v) is 6.10. The summed E-state index contributed by atoms with van der Waals surface area (Å²) >= 11 is 0. The summed E-state index contributed by atoms with van der Waals surface area (Å²) in [5.41, 5.74) is 0. The summed E-state index contributed by atoms with van der Waals surface area (Å²) in [6.07, 6.45) is 3.77. The molecule has 0 spiro atoms. The van der Waals surface area contributed by atoms with Gasteiger partial charge in [0.15, 0.2) is 5.96 Å². The highest BCUT2D eigenvalue weighted by Crippen LogP contribution is 2.18. The summed E-state index contributed by atoms with van der Waals surface area (Å²) in [4.78, 5) is 12.1. The lowest BCUT2D eigenvalue weighted by molar-refractivity contribution is 0.0194. The quantitative estimate of drug-likeness (QED) is 0.337. The predicted molar refractivity (Wildman–Crippen MR) is 120 cm³/mol. The Kier molecular flexibility index (Phi) is 10.6. The van der Waals surface area contributed by atoms with Crippen LogP contribution in [0.3, 0.4) is 0 Å². The van der Waals surface area contributed by atoms with Gasteiger partial charge in [0.05, 0.1) is 19.8 Å². The van der Waals surface area contributed by atoms with Crippen molar-refractivity contribution in [2.75, 3.05) is 86.3 Å². The highest BCUT2D eigenvalue weighted by atomic mass is 127. The molecule has 0 amide bonds. The summed E-state index contributed by atoms with van der Waals surface area (Å²) < 4.78 is 10.7. The molecule has 7 nitrogen and oxygen atoms in total. The fourth-order valence-electron chi connectivity index (χ4n) is 4.38. The number of morpholine rings is 1. The van der Waals surface area contributed by atoms with Gasteiger partial charge in [-0.25, -0.2) is 0 Å². The maximum atomic E-state index is 5.49. The average molecular weight is 495 g/mol. The van der Waals surface area contributed by atoms with Crippen molar-refractivity contribution in [3.05, 3.63) is 0 Å². The molecule has 158 valence electrons. The van der Waals surface area contributed by atoms with Crippen molar-refractivity contribution in [1.29, 1.82) is 0 Å². The number of halogens is 1. The summed E-state index contributed by atoms with van der Waals surface area (Å²) in [7, 11) is 3.70. The van der Waals surface area contributed by atoms with Crippen molar-refractivity contribution in [1.82, 2.24) is 20.0 Å². The number of guanidine groups is 1. The fourth-order valence-corrected chi connectivity index (χ4v) is 4.38. The number of nitrogens with one attached hydrogen (secondary N) is 1. The van der Waals surface area contributed by atoms with Crippen molar-refractivity contribution in [3.8, 4) is 0 Å². The molecular weight excluding hydrogens is 457 g/mol. The number of methoxy groups -OCH3 is 1. The van der Waals surface area contributed by atoms with Crippen molar-refractivity contribution in [2.24, 2.45) is 10.9 Å². The minimum absolute atomic E-state index is 0. The molecule has 3 saturated heterocycles. The maximum absolute atomic E-state index is 5.49. The van der Waals surface area contributed by atoms with Gasteiger partial charge in [-0.05, 0) is 38.3 Å². The lowest BCUT2D eigenvalue weighted by atomic mass is 9.97. The van der Waals surface area contributed by atoms with Crippen molar-refractivity contribution < 1.29 is 9.47 Å². The average Bonchev–Trinajstić information content (AvgIpc) is 3.18. The second-order valence-corrected chi connectivity index (χ2v) is 7.74. The largest absolute Gasteiger partial charge is 0.383 e. The first-order chi connectivity index (χ1) is 12.8. The zero-order valence-corrected chi connectivity index (χ0v) is 19.4. The van der Waals surface area contributed by atoms with Gasteiger partial charge in [-0.2, -0.15) is 0 Å².